The number of rotatable bonds is 10. The van der Waals surface area contributed by atoms with Crippen molar-refractivity contribution in [1.82, 2.24) is 4.58 Å². The molecule has 0 fully saturated rings. The van der Waals surface area contributed by atoms with Crippen LogP contribution in [0.15, 0.2) is 77.8 Å². The summed E-state index contributed by atoms with van der Waals surface area (Å²) in [5, 5.41) is 1.92. The fourth-order valence-electron chi connectivity index (χ4n) is 8.85. The van der Waals surface area contributed by atoms with E-state index in [-0.39, 0.29) is 31.0 Å². The Labute approximate surface area is 328 Å². The lowest BCUT2D eigenvalue weighted by Gasteiger charge is -2.48. The average Bonchev–Trinajstić information content (AvgIpc) is 3.15. The maximum absolute atomic E-state index is 13.7. The summed E-state index contributed by atoms with van der Waals surface area (Å²) in [5.74, 6) is 6.74. The van der Waals surface area contributed by atoms with Crippen LogP contribution in [-0.4, -0.2) is 55.6 Å². The molecule has 0 saturated carbocycles. The third-order valence-electron chi connectivity index (χ3n) is 11.6. The summed E-state index contributed by atoms with van der Waals surface area (Å²) in [5.41, 5.74) is 6.32. The molecule has 0 bridgehead atoms. The first-order valence-corrected chi connectivity index (χ1v) is 21.2. The van der Waals surface area contributed by atoms with Gasteiger partial charge in [0.05, 0.1) is 24.1 Å². The van der Waals surface area contributed by atoms with E-state index in [1.807, 2.05) is 60.7 Å². The van der Waals surface area contributed by atoms with Crippen LogP contribution in [0.4, 0.5) is 17.1 Å². The van der Waals surface area contributed by atoms with E-state index in [9.17, 15) is 22.6 Å². The lowest BCUT2D eigenvalue weighted by molar-refractivity contribution is -0.124. The van der Waals surface area contributed by atoms with Gasteiger partial charge in [0.15, 0.2) is 11.5 Å². The third kappa shape index (κ3) is 7.60. The molecule has 288 valence electrons. The number of ketones is 1. The van der Waals surface area contributed by atoms with Crippen LogP contribution in [0, 0.1) is 11.8 Å². The predicted octanol–water partition coefficient (Wildman–Crippen LogP) is 6.24. The zero-order valence-electron chi connectivity index (χ0n) is 32.2. The van der Waals surface area contributed by atoms with Gasteiger partial charge >= 0.3 is 0 Å². The van der Waals surface area contributed by atoms with Crippen molar-refractivity contribution in [1.29, 1.82) is 0 Å². The van der Waals surface area contributed by atoms with E-state index >= 15 is 0 Å². The van der Waals surface area contributed by atoms with E-state index in [4.69, 9.17) is 9.73 Å². The molecule has 4 aliphatic heterocycles. The highest BCUT2D eigenvalue weighted by Crippen LogP contribution is 2.49. The Balaban J connectivity index is 1.00. The quantitative estimate of drug-likeness (QED) is 0.102. The Morgan fingerprint density at radius 2 is 1.71 bits per heavy atom. The molecule has 1 N–H and O–H groups in total. The topological polar surface area (TPSA) is 120 Å². The average molecular weight is 772 g/mol. The standard InChI is InChI=1S/C45H46N4O6S/c1-4-47-21-9-14-32-23-37-42(25-40(32)47)55-43-26-41-36(24-38(43)46-37)34(29-56(52,53)54)27-45(2,3)49(41)22-10-15-35(50)19-20-44(51)48-28-33-13-6-5-11-30(33)17-18-31-12-7-8-16-39(31)48/h5-8,11-13,16,23-26,34H,4,9-10,14-15,19-22,27-29H2,1-3H3/p+1. The number of fused-ring (bicyclic) bond motifs is 6. The first-order chi connectivity index (χ1) is 26.9. The number of aryl methyl sites for hydroxylation is 1. The molecule has 1 unspecified atom stereocenters. The van der Waals surface area contributed by atoms with Crippen molar-refractivity contribution < 1.29 is 27.3 Å². The second-order valence-electron chi connectivity index (χ2n) is 15.9. The molecule has 0 aliphatic carbocycles. The first-order valence-electron chi connectivity index (χ1n) is 19.6. The minimum atomic E-state index is -4.27. The van der Waals surface area contributed by atoms with Gasteiger partial charge in [-0.1, -0.05) is 42.2 Å². The molecule has 0 spiro atoms. The van der Waals surface area contributed by atoms with E-state index in [0.717, 1.165) is 64.9 Å². The second-order valence-corrected chi connectivity index (χ2v) is 17.4. The van der Waals surface area contributed by atoms with Crippen molar-refractivity contribution in [2.75, 3.05) is 35.2 Å². The van der Waals surface area contributed by atoms with Crippen molar-refractivity contribution in [2.45, 2.75) is 83.7 Å². The molecule has 0 radical (unpaired) electrons. The van der Waals surface area contributed by atoms with Gasteiger partial charge in [0, 0.05) is 72.1 Å². The number of Topliss-reactive ketones (excluding diaryl/α,β-unsaturated/α-hetero) is 1. The molecule has 1 atom stereocenters. The highest BCUT2D eigenvalue weighted by Gasteiger charge is 2.40. The Hall–Kier alpha value is -5.31. The third-order valence-corrected chi connectivity index (χ3v) is 12.4. The Kier molecular flexibility index (Phi) is 10.1. The minimum absolute atomic E-state index is 0.00629. The summed E-state index contributed by atoms with van der Waals surface area (Å²) >= 11 is 0. The summed E-state index contributed by atoms with van der Waals surface area (Å²) in [7, 11) is -4.27. The van der Waals surface area contributed by atoms with E-state index < -0.39 is 27.3 Å². The molecule has 8 rings (SSSR count). The van der Waals surface area contributed by atoms with Crippen LogP contribution in [0.3, 0.4) is 0 Å². The van der Waals surface area contributed by atoms with Crippen LogP contribution in [0.1, 0.15) is 93.0 Å². The van der Waals surface area contributed by atoms with Crippen molar-refractivity contribution in [2.24, 2.45) is 4.99 Å². The SMILES string of the molecule is CC[N+]1=c2cc3c(cc2CCC1)=Nc1cc2c(cc1O3)N(CCCC(=O)CCC(=O)N1Cc3ccccc3C#Cc3ccccc31)C(C)(C)CC2CS(=O)(=O)O. The van der Waals surface area contributed by atoms with Gasteiger partial charge in [-0.05, 0) is 81.5 Å². The van der Waals surface area contributed by atoms with Crippen LogP contribution >= 0.6 is 0 Å². The van der Waals surface area contributed by atoms with Crippen LogP contribution in [0.2, 0.25) is 0 Å². The fourth-order valence-corrected chi connectivity index (χ4v) is 9.66. The van der Waals surface area contributed by atoms with E-state index in [1.165, 1.54) is 10.9 Å². The molecule has 11 heteroatoms. The molecule has 0 saturated heterocycles. The van der Waals surface area contributed by atoms with Crippen LogP contribution in [0.25, 0.3) is 0 Å². The molecular formula is C45H47N4O6S+. The highest BCUT2D eigenvalue weighted by molar-refractivity contribution is 7.85. The number of ether oxygens (including phenoxy) is 1. The molecular weight excluding hydrogens is 725 g/mol. The maximum Gasteiger partial charge on any atom is 0.265 e. The molecule has 1 amide bonds. The van der Waals surface area contributed by atoms with Crippen molar-refractivity contribution in [3.05, 3.63) is 111 Å². The largest absolute Gasteiger partial charge is 0.452 e. The van der Waals surface area contributed by atoms with Gasteiger partial charge in [0.2, 0.25) is 11.3 Å². The number of nitrogens with zero attached hydrogens (tertiary/aromatic N) is 4. The van der Waals surface area contributed by atoms with Crippen LogP contribution in [-0.2, 0) is 32.7 Å². The summed E-state index contributed by atoms with van der Waals surface area (Å²) in [6, 6.07) is 23.5. The van der Waals surface area contributed by atoms with Gasteiger partial charge in [0.1, 0.15) is 29.9 Å². The fraction of sp³-hybridized carbons (Fsp3) is 0.378. The normalized spacial score (nSPS) is 17.5. The summed E-state index contributed by atoms with van der Waals surface area (Å²) < 4.78 is 43.4. The van der Waals surface area contributed by atoms with E-state index in [1.54, 1.807) is 4.90 Å². The van der Waals surface area contributed by atoms with Gasteiger partial charge in [-0.15, -0.1) is 0 Å². The Morgan fingerprint density at radius 1 is 0.946 bits per heavy atom. The van der Waals surface area contributed by atoms with Crippen molar-refractivity contribution >= 4 is 38.9 Å². The monoisotopic (exact) mass is 771 g/mol. The van der Waals surface area contributed by atoms with Gasteiger partial charge in [0.25, 0.3) is 10.1 Å². The number of carbonyl (C=O) groups is 2. The summed E-state index contributed by atoms with van der Waals surface area (Å²) in [6.45, 7) is 9.08. The molecule has 4 heterocycles. The maximum atomic E-state index is 13.7. The number of hydrogen-bond donors (Lipinski definition) is 1. The Morgan fingerprint density at radius 3 is 2.52 bits per heavy atom. The minimum Gasteiger partial charge on any atom is -0.452 e. The Bertz CT molecular complexity index is 2570. The van der Waals surface area contributed by atoms with Crippen LogP contribution < -0.4 is 29.8 Å². The lowest BCUT2D eigenvalue weighted by atomic mass is 9.79. The number of benzene rings is 4. The first kappa shape index (κ1) is 37.6. The highest BCUT2D eigenvalue weighted by atomic mass is 32.2. The van der Waals surface area contributed by atoms with Crippen molar-refractivity contribution in [3.8, 4) is 23.3 Å². The van der Waals surface area contributed by atoms with Gasteiger partial charge < -0.3 is 14.5 Å². The lowest BCUT2D eigenvalue weighted by Crippen LogP contribution is -2.50. The van der Waals surface area contributed by atoms with Gasteiger partial charge in [-0.3, -0.25) is 14.1 Å². The molecule has 4 aromatic rings. The number of amides is 1. The van der Waals surface area contributed by atoms with Crippen molar-refractivity contribution in [3.63, 3.8) is 0 Å². The van der Waals surface area contributed by atoms with Gasteiger partial charge in [-0.2, -0.15) is 8.42 Å². The number of hydrogen-bond acceptors (Lipinski definition) is 7. The molecule has 4 aliphatic rings. The number of anilines is 2. The molecule has 10 nitrogen and oxygen atoms in total. The zero-order chi connectivity index (χ0) is 39.2. The summed E-state index contributed by atoms with van der Waals surface area (Å²) in [4.78, 5) is 36.1. The molecule has 0 aromatic heterocycles. The molecule has 4 aromatic carbocycles. The molecule has 56 heavy (non-hydrogen) atoms. The predicted molar refractivity (Wildman–Crippen MR) is 217 cm³/mol. The van der Waals surface area contributed by atoms with E-state index in [0.29, 0.717) is 43.1 Å². The number of carbonyl (C=O) groups excluding carboxylic acids is 2. The zero-order valence-corrected chi connectivity index (χ0v) is 33.0. The number of para-hydroxylation sites is 1. The smallest absolute Gasteiger partial charge is 0.265 e. The van der Waals surface area contributed by atoms with E-state index in [2.05, 4.69) is 54.2 Å². The second kappa shape index (κ2) is 15.0. The van der Waals surface area contributed by atoms with Crippen LogP contribution in [0.5, 0.6) is 11.5 Å². The summed E-state index contributed by atoms with van der Waals surface area (Å²) in [6.07, 6.45) is 3.58. The van der Waals surface area contributed by atoms with Gasteiger partial charge in [-0.25, -0.2) is 9.57 Å².